The topological polar surface area (TPSA) is 56.4 Å². The molecule has 0 radical (unpaired) electrons. The van der Waals surface area contributed by atoms with Gasteiger partial charge in [0.25, 0.3) is 0 Å². The highest BCUT2D eigenvalue weighted by molar-refractivity contribution is 5.86. The third-order valence-corrected chi connectivity index (χ3v) is 4.74. The van der Waals surface area contributed by atoms with Crippen LogP contribution in [0, 0.1) is 0 Å². The molecular weight excluding hydrogens is 276 g/mol. The number of nitrogens with one attached hydrogen (secondary N) is 3. The van der Waals surface area contributed by atoms with Gasteiger partial charge >= 0.3 is 0 Å². The molecule has 0 bridgehead atoms. The standard InChI is InChI=1S/C8H16N2O.C7H16N2.C2H6/c1-7(11)8(9-2)3-5-10-6-4-8;1-8-7-3-5-9(2)6-4-7;1-2/h9-10H,3-6H2,1-2H3;7-8H,3-6H2,1-2H3;1-2H3. The fourth-order valence-electron chi connectivity index (χ4n) is 2.93. The van der Waals surface area contributed by atoms with Gasteiger partial charge in [0.1, 0.15) is 5.78 Å². The molecule has 0 amide bonds. The highest BCUT2D eigenvalue weighted by Crippen LogP contribution is 2.18. The number of nitrogens with zero attached hydrogens (tertiary/aromatic N) is 1. The van der Waals surface area contributed by atoms with E-state index in [0.29, 0.717) is 0 Å². The molecule has 2 aliphatic rings. The molecular formula is C17H38N4O. The number of ketones is 1. The van der Waals surface area contributed by atoms with Crippen LogP contribution in [0.5, 0.6) is 0 Å². The minimum absolute atomic E-state index is 0.231. The summed E-state index contributed by atoms with van der Waals surface area (Å²) in [6.45, 7) is 10.1. The molecule has 0 saturated carbocycles. The van der Waals surface area contributed by atoms with Crippen LogP contribution in [0.2, 0.25) is 0 Å². The Morgan fingerprint density at radius 3 is 1.95 bits per heavy atom. The van der Waals surface area contributed by atoms with Crippen LogP contribution < -0.4 is 16.0 Å². The third-order valence-electron chi connectivity index (χ3n) is 4.74. The van der Waals surface area contributed by atoms with Crippen LogP contribution in [-0.4, -0.2) is 69.6 Å². The Balaban J connectivity index is 0.000000366. The summed E-state index contributed by atoms with van der Waals surface area (Å²) in [5, 5.41) is 9.66. The van der Waals surface area contributed by atoms with Crippen molar-refractivity contribution < 1.29 is 4.79 Å². The molecule has 22 heavy (non-hydrogen) atoms. The van der Waals surface area contributed by atoms with Crippen molar-refractivity contribution in [2.45, 2.75) is 58.0 Å². The van der Waals surface area contributed by atoms with Crippen molar-refractivity contribution in [2.24, 2.45) is 0 Å². The van der Waals surface area contributed by atoms with E-state index in [1.165, 1.54) is 25.9 Å². The number of piperidine rings is 2. The van der Waals surface area contributed by atoms with E-state index in [9.17, 15) is 4.79 Å². The molecule has 2 heterocycles. The number of carbonyl (C=O) groups is 1. The summed E-state index contributed by atoms with van der Waals surface area (Å²) < 4.78 is 0. The Kier molecular flexibility index (Phi) is 11.7. The lowest BCUT2D eigenvalue weighted by atomic mass is 9.85. The molecule has 0 atom stereocenters. The van der Waals surface area contributed by atoms with Gasteiger partial charge in [0.2, 0.25) is 0 Å². The van der Waals surface area contributed by atoms with E-state index in [-0.39, 0.29) is 11.3 Å². The van der Waals surface area contributed by atoms with E-state index >= 15 is 0 Å². The number of hydrogen-bond donors (Lipinski definition) is 3. The van der Waals surface area contributed by atoms with Gasteiger partial charge in [-0.25, -0.2) is 0 Å². The molecule has 5 nitrogen and oxygen atoms in total. The van der Waals surface area contributed by atoms with Crippen LogP contribution in [0.1, 0.15) is 46.5 Å². The summed E-state index contributed by atoms with van der Waals surface area (Å²) >= 11 is 0. The third kappa shape index (κ3) is 7.18. The molecule has 5 heteroatoms. The Morgan fingerprint density at radius 2 is 1.64 bits per heavy atom. The maximum Gasteiger partial charge on any atom is 0.149 e. The summed E-state index contributed by atoms with van der Waals surface area (Å²) in [6.07, 6.45) is 4.46. The Hall–Kier alpha value is -0.490. The first kappa shape index (κ1) is 21.5. The SMILES string of the molecule is CC.CNC1(C(C)=O)CCNCC1.CNC1CCN(C)CC1. The maximum absolute atomic E-state index is 11.3. The van der Waals surface area contributed by atoms with Crippen molar-refractivity contribution in [3.05, 3.63) is 0 Å². The van der Waals surface area contributed by atoms with Crippen LogP contribution in [-0.2, 0) is 4.79 Å². The molecule has 2 saturated heterocycles. The average molecular weight is 315 g/mol. The van der Waals surface area contributed by atoms with E-state index < -0.39 is 0 Å². The second-order valence-electron chi connectivity index (χ2n) is 6.00. The Labute approximate surface area is 137 Å². The summed E-state index contributed by atoms with van der Waals surface area (Å²) in [7, 11) is 6.11. The summed E-state index contributed by atoms with van der Waals surface area (Å²) in [6, 6.07) is 0.779. The van der Waals surface area contributed by atoms with Crippen molar-refractivity contribution in [1.29, 1.82) is 0 Å². The lowest BCUT2D eigenvalue weighted by Gasteiger charge is -2.34. The van der Waals surface area contributed by atoms with Crippen molar-refractivity contribution >= 4 is 5.78 Å². The van der Waals surface area contributed by atoms with E-state index in [1.54, 1.807) is 6.92 Å². The van der Waals surface area contributed by atoms with E-state index in [4.69, 9.17) is 0 Å². The lowest BCUT2D eigenvalue weighted by molar-refractivity contribution is -0.124. The number of carbonyl (C=O) groups excluding carboxylic acids is 1. The first-order valence-corrected chi connectivity index (χ1v) is 8.80. The van der Waals surface area contributed by atoms with Gasteiger partial charge in [0, 0.05) is 6.04 Å². The fourth-order valence-corrected chi connectivity index (χ4v) is 2.93. The molecule has 132 valence electrons. The predicted octanol–water partition coefficient (Wildman–Crippen LogP) is 1.24. The molecule has 0 aromatic heterocycles. The molecule has 0 spiro atoms. The maximum atomic E-state index is 11.3. The van der Waals surface area contributed by atoms with Crippen LogP contribution >= 0.6 is 0 Å². The molecule has 2 rings (SSSR count). The zero-order valence-corrected chi connectivity index (χ0v) is 15.6. The van der Waals surface area contributed by atoms with Gasteiger partial charge in [-0.15, -0.1) is 0 Å². The normalized spacial score (nSPS) is 21.9. The van der Waals surface area contributed by atoms with Gasteiger partial charge < -0.3 is 20.9 Å². The molecule has 2 aliphatic heterocycles. The van der Waals surface area contributed by atoms with E-state index in [0.717, 1.165) is 32.0 Å². The Bertz CT molecular complexity index is 282. The van der Waals surface area contributed by atoms with Gasteiger partial charge in [-0.3, -0.25) is 4.79 Å². The highest BCUT2D eigenvalue weighted by atomic mass is 16.1. The Morgan fingerprint density at radius 1 is 1.14 bits per heavy atom. The minimum atomic E-state index is -0.231. The van der Waals surface area contributed by atoms with Gasteiger partial charge in [0.15, 0.2) is 0 Å². The molecule has 2 fully saturated rings. The number of Topliss-reactive ketones (excluding diaryl/α,β-unsaturated/α-hetero) is 1. The van der Waals surface area contributed by atoms with Crippen LogP contribution in [0.3, 0.4) is 0 Å². The highest BCUT2D eigenvalue weighted by Gasteiger charge is 2.34. The van der Waals surface area contributed by atoms with E-state index in [1.807, 2.05) is 20.9 Å². The second-order valence-corrected chi connectivity index (χ2v) is 6.00. The molecule has 3 N–H and O–H groups in total. The number of rotatable bonds is 3. The van der Waals surface area contributed by atoms with Crippen LogP contribution in [0.15, 0.2) is 0 Å². The van der Waals surface area contributed by atoms with Crippen LogP contribution in [0.4, 0.5) is 0 Å². The summed E-state index contributed by atoms with van der Waals surface area (Å²) in [5.41, 5.74) is -0.231. The van der Waals surface area contributed by atoms with Crippen molar-refractivity contribution in [3.8, 4) is 0 Å². The minimum Gasteiger partial charge on any atom is -0.317 e. The first-order valence-electron chi connectivity index (χ1n) is 8.80. The van der Waals surface area contributed by atoms with Gasteiger partial charge in [-0.2, -0.15) is 0 Å². The zero-order valence-electron chi connectivity index (χ0n) is 15.6. The fraction of sp³-hybridized carbons (Fsp3) is 0.941. The van der Waals surface area contributed by atoms with Crippen LogP contribution in [0.25, 0.3) is 0 Å². The van der Waals surface area contributed by atoms with E-state index in [2.05, 4.69) is 34.9 Å². The lowest BCUT2D eigenvalue weighted by Crippen LogP contribution is -2.55. The van der Waals surface area contributed by atoms with Gasteiger partial charge in [0.05, 0.1) is 5.54 Å². The number of hydrogen-bond acceptors (Lipinski definition) is 5. The number of likely N-dealkylation sites (N-methyl/N-ethyl adjacent to an activating group) is 1. The van der Waals surface area contributed by atoms with Gasteiger partial charge in [-0.05, 0) is 79.9 Å². The number of likely N-dealkylation sites (tertiary alicyclic amines) is 1. The van der Waals surface area contributed by atoms with Crippen molar-refractivity contribution in [3.63, 3.8) is 0 Å². The van der Waals surface area contributed by atoms with Gasteiger partial charge in [-0.1, -0.05) is 13.8 Å². The molecule has 0 unspecified atom stereocenters. The first-order chi connectivity index (χ1) is 10.5. The summed E-state index contributed by atoms with van der Waals surface area (Å²) in [4.78, 5) is 13.6. The predicted molar refractivity (Wildman–Crippen MR) is 95.5 cm³/mol. The smallest absolute Gasteiger partial charge is 0.149 e. The van der Waals surface area contributed by atoms with Crippen molar-refractivity contribution in [2.75, 3.05) is 47.3 Å². The zero-order chi connectivity index (χ0) is 17.0. The molecule has 0 aliphatic carbocycles. The quantitative estimate of drug-likeness (QED) is 0.732. The average Bonchev–Trinajstić information content (AvgIpc) is 2.58. The largest absolute Gasteiger partial charge is 0.317 e. The van der Waals surface area contributed by atoms with Crippen molar-refractivity contribution in [1.82, 2.24) is 20.9 Å². The second kappa shape index (κ2) is 12.0. The molecule has 0 aromatic rings. The monoisotopic (exact) mass is 314 g/mol. The molecule has 0 aromatic carbocycles. The summed E-state index contributed by atoms with van der Waals surface area (Å²) in [5.74, 6) is 0.265.